The highest BCUT2D eigenvalue weighted by Gasteiger charge is 2.34. The van der Waals surface area contributed by atoms with E-state index >= 15 is 0 Å². The molecule has 0 fully saturated rings. The summed E-state index contributed by atoms with van der Waals surface area (Å²) in [5, 5.41) is 0. The molecule has 0 nitrogen and oxygen atoms in total. The van der Waals surface area contributed by atoms with Gasteiger partial charge in [-0.05, 0) is 34.5 Å². The molecule has 2 heteroatoms. The average Bonchev–Trinajstić information content (AvgIpc) is 2.27. The highest BCUT2D eigenvalue weighted by molar-refractivity contribution is 9.08. The molecule has 0 unspecified atom stereocenters. The Balaban J connectivity index is 5.08. The van der Waals surface area contributed by atoms with E-state index in [0.29, 0.717) is 0 Å². The maximum Gasteiger partial charge on any atom is -0.0184 e. The van der Waals surface area contributed by atoms with Gasteiger partial charge in [-0.25, -0.2) is 18.1 Å². The summed E-state index contributed by atoms with van der Waals surface area (Å²) < 4.78 is 0. The molecule has 0 amide bonds. The molecular formula is C12H30S2. The molecule has 0 heterocycles. The fourth-order valence-corrected chi connectivity index (χ4v) is 17.2. The van der Waals surface area contributed by atoms with Gasteiger partial charge in [0.25, 0.3) is 0 Å². The standard InChI is InChI=1S/C12H30S2/c1-7-13(8-2,9-3)14(10-4,11-5)12-6/h7-12H2,1-6H3. The molecule has 90 valence electrons. The van der Waals surface area contributed by atoms with Crippen molar-refractivity contribution in [2.24, 2.45) is 0 Å². The molecule has 0 aromatic carbocycles. The van der Waals surface area contributed by atoms with E-state index < -0.39 is 0 Å². The van der Waals surface area contributed by atoms with E-state index in [0.717, 1.165) is 0 Å². The highest BCUT2D eigenvalue weighted by Crippen LogP contribution is 2.80. The molecular weight excluding hydrogens is 208 g/mol. The largest absolute Gasteiger partial charge is 0.210 e. The van der Waals surface area contributed by atoms with Crippen LogP contribution in [0.25, 0.3) is 0 Å². The molecule has 0 bridgehead atoms. The molecule has 0 radical (unpaired) electrons. The Morgan fingerprint density at radius 3 is 0.643 bits per heavy atom. The van der Waals surface area contributed by atoms with Crippen LogP contribution in [0.2, 0.25) is 0 Å². The monoisotopic (exact) mass is 238 g/mol. The second kappa shape index (κ2) is 6.32. The SMILES string of the molecule is CCS(CC)(CC)S(CC)(CC)CC. The van der Waals surface area contributed by atoms with Gasteiger partial charge in [0.15, 0.2) is 0 Å². The summed E-state index contributed by atoms with van der Waals surface area (Å²) in [6.45, 7) is 14.6. The average molecular weight is 239 g/mol. The first-order chi connectivity index (χ1) is 6.61. The van der Waals surface area contributed by atoms with Gasteiger partial charge in [0, 0.05) is 0 Å². The van der Waals surface area contributed by atoms with Gasteiger partial charge < -0.3 is 0 Å². The minimum Gasteiger partial charge on any atom is -0.210 e. The summed E-state index contributed by atoms with van der Waals surface area (Å²) >= 11 is 0. The van der Waals surface area contributed by atoms with Crippen LogP contribution in [0.5, 0.6) is 0 Å². The van der Waals surface area contributed by atoms with Crippen molar-refractivity contribution < 1.29 is 0 Å². The second-order valence-corrected chi connectivity index (χ2v) is 15.2. The zero-order valence-electron chi connectivity index (χ0n) is 11.1. The molecule has 0 aliphatic heterocycles. The summed E-state index contributed by atoms with van der Waals surface area (Å²) in [5.41, 5.74) is 0. The normalized spacial score (nSPS) is 15.6. The number of rotatable bonds is 7. The second-order valence-electron chi connectivity index (χ2n) is 3.66. The molecule has 0 saturated heterocycles. The van der Waals surface area contributed by atoms with Crippen molar-refractivity contribution in [3.63, 3.8) is 0 Å². The fraction of sp³-hybridized carbons (Fsp3) is 1.00. The lowest BCUT2D eigenvalue weighted by Crippen LogP contribution is -2.22. The fourth-order valence-electron chi connectivity index (χ4n) is 2.72. The summed E-state index contributed by atoms with van der Waals surface area (Å²) in [6, 6.07) is 0. The van der Waals surface area contributed by atoms with Crippen LogP contribution in [0.3, 0.4) is 0 Å². The maximum absolute atomic E-state index is 2.44. The van der Waals surface area contributed by atoms with Gasteiger partial charge in [0.05, 0.1) is 0 Å². The van der Waals surface area contributed by atoms with E-state index in [1.54, 1.807) is 0 Å². The Hall–Kier alpha value is 0.700. The molecule has 0 aliphatic carbocycles. The molecule has 0 spiro atoms. The summed E-state index contributed by atoms with van der Waals surface area (Å²) in [4.78, 5) is 0. The zero-order chi connectivity index (χ0) is 11.2. The van der Waals surface area contributed by atoms with Crippen LogP contribution in [0.4, 0.5) is 0 Å². The van der Waals surface area contributed by atoms with Crippen LogP contribution in [-0.2, 0) is 0 Å². The van der Waals surface area contributed by atoms with E-state index in [-0.39, 0.29) is 18.1 Å². The number of hydrogen-bond donors (Lipinski definition) is 0. The summed E-state index contributed by atoms with van der Waals surface area (Å²) in [6.07, 6.45) is 0. The smallest absolute Gasteiger partial charge is 0.0184 e. The molecule has 0 aliphatic rings. The maximum atomic E-state index is 2.44. The zero-order valence-corrected chi connectivity index (χ0v) is 12.7. The molecule has 0 atom stereocenters. The van der Waals surface area contributed by atoms with E-state index in [1.807, 2.05) is 0 Å². The first-order valence-electron chi connectivity index (χ1n) is 6.14. The summed E-state index contributed by atoms with van der Waals surface area (Å²) in [7, 11) is -0.559. The quantitative estimate of drug-likeness (QED) is 0.567. The number of hydrogen-bond acceptors (Lipinski definition) is 0. The minimum atomic E-state index is -0.280. The van der Waals surface area contributed by atoms with Crippen molar-refractivity contribution in [3.05, 3.63) is 0 Å². The molecule has 0 aromatic rings. The van der Waals surface area contributed by atoms with Gasteiger partial charge in [-0.2, -0.15) is 0 Å². The van der Waals surface area contributed by atoms with Gasteiger partial charge in [-0.3, -0.25) is 0 Å². The van der Waals surface area contributed by atoms with E-state index in [1.165, 1.54) is 34.5 Å². The van der Waals surface area contributed by atoms with Gasteiger partial charge in [-0.15, -0.1) is 0 Å². The van der Waals surface area contributed by atoms with Crippen LogP contribution >= 0.6 is 18.1 Å². The lowest BCUT2D eigenvalue weighted by Gasteiger charge is -2.59. The molecule has 0 N–H and O–H groups in total. The lowest BCUT2D eigenvalue weighted by atomic mass is 10.9. The predicted octanol–water partition coefficient (Wildman–Crippen LogP) is 4.63. The first kappa shape index (κ1) is 14.7. The van der Waals surface area contributed by atoms with Crippen LogP contribution in [0.15, 0.2) is 0 Å². The van der Waals surface area contributed by atoms with E-state index in [9.17, 15) is 0 Å². The van der Waals surface area contributed by atoms with Crippen molar-refractivity contribution in [2.45, 2.75) is 41.5 Å². The van der Waals surface area contributed by atoms with Crippen molar-refractivity contribution in [3.8, 4) is 0 Å². The van der Waals surface area contributed by atoms with Crippen molar-refractivity contribution in [2.75, 3.05) is 34.5 Å². The summed E-state index contributed by atoms with van der Waals surface area (Å²) in [5.74, 6) is 8.78. The van der Waals surface area contributed by atoms with Crippen LogP contribution in [0.1, 0.15) is 41.5 Å². The Kier molecular flexibility index (Phi) is 6.63. The van der Waals surface area contributed by atoms with Gasteiger partial charge in [-0.1, -0.05) is 41.5 Å². The Morgan fingerprint density at radius 1 is 0.429 bits per heavy atom. The third-order valence-electron chi connectivity index (χ3n) is 3.91. The molecule has 0 aromatic heterocycles. The van der Waals surface area contributed by atoms with Gasteiger partial charge >= 0.3 is 0 Å². The van der Waals surface area contributed by atoms with E-state index in [2.05, 4.69) is 41.5 Å². The third-order valence-corrected chi connectivity index (χ3v) is 20.5. The van der Waals surface area contributed by atoms with E-state index in [4.69, 9.17) is 0 Å². The topological polar surface area (TPSA) is 0 Å². The Bertz CT molecular complexity index is 112. The molecule has 14 heavy (non-hydrogen) atoms. The van der Waals surface area contributed by atoms with Crippen molar-refractivity contribution >= 4 is 18.1 Å². The van der Waals surface area contributed by atoms with Crippen LogP contribution in [-0.4, -0.2) is 34.5 Å². The lowest BCUT2D eigenvalue weighted by molar-refractivity contribution is 1.33. The van der Waals surface area contributed by atoms with Gasteiger partial charge in [0.2, 0.25) is 0 Å². The molecule has 0 saturated carbocycles. The molecule has 0 rings (SSSR count). The van der Waals surface area contributed by atoms with Crippen molar-refractivity contribution in [1.82, 2.24) is 0 Å². The predicted molar refractivity (Wildman–Crippen MR) is 78.4 cm³/mol. The highest BCUT2D eigenvalue weighted by atomic mass is 33.2. The Morgan fingerprint density at radius 2 is 0.571 bits per heavy atom. The van der Waals surface area contributed by atoms with Crippen LogP contribution in [0, 0.1) is 0 Å². The van der Waals surface area contributed by atoms with Crippen LogP contribution < -0.4 is 0 Å². The van der Waals surface area contributed by atoms with Gasteiger partial charge in [0.1, 0.15) is 0 Å². The van der Waals surface area contributed by atoms with Crippen molar-refractivity contribution in [1.29, 1.82) is 0 Å². The first-order valence-corrected chi connectivity index (χ1v) is 10.9. The Labute approximate surface area is 94.3 Å². The minimum absolute atomic E-state index is 0.280. The third kappa shape index (κ3) is 2.27.